The van der Waals surface area contributed by atoms with Gasteiger partial charge in [0.2, 0.25) is 0 Å². The molecule has 3 aromatic rings. The number of furan rings is 1. The summed E-state index contributed by atoms with van der Waals surface area (Å²) in [5.74, 6) is -0.611. The van der Waals surface area contributed by atoms with Gasteiger partial charge in [-0.2, -0.15) is 0 Å². The summed E-state index contributed by atoms with van der Waals surface area (Å²) < 4.78 is 29.8. The normalized spacial score (nSPS) is 16.6. The molecule has 4 rings (SSSR count). The zero-order valence-corrected chi connectivity index (χ0v) is 16.2. The number of hydrogen-bond acceptors (Lipinski definition) is 6. The molecule has 0 saturated carbocycles. The average Bonchev–Trinajstić information content (AvgIpc) is 3.45. The zero-order chi connectivity index (χ0) is 20.5. The first-order valence-corrected chi connectivity index (χ1v) is 9.55. The fraction of sp³-hybridized carbons (Fsp3) is 0.318. The lowest BCUT2D eigenvalue weighted by molar-refractivity contribution is 0.0528. The van der Waals surface area contributed by atoms with E-state index in [2.05, 4.69) is 5.32 Å². The average molecular weight is 399 g/mol. The number of anilines is 1. The van der Waals surface area contributed by atoms with E-state index >= 15 is 0 Å². The Morgan fingerprint density at radius 3 is 2.69 bits per heavy atom. The van der Waals surface area contributed by atoms with Gasteiger partial charge < -0.3 is 24.3 Å². The number of nitrogens with one attached hydrogen (secondary N) is 1. The highest BCUT2D eigenvalue weighted by atomic mass is 19.1. The van der Waals surface area contributed by atoms with E-state index in [1.807, 2.05) is 0 Å². The van der Waals surface area contributed by atoms with Gasteiger partial charge in [0.15, 0.2) is 0 Å². The number of rotatable bonds is 7. The predicted octanol–water partition coefficient (Wildman–Crippen LogP) is 4.28. The van der Waals surface area contributed by atoms with Crippen molar-refractivity contribution in [3.63, 3.8) is 0 Å². The highest BCUT2D eigenvalue weighted by molar-refractivity contribution is 6.09. The lowest BCUT2D eigenvalue weighted by atomic mass is 10.0. The lowest BCUT2D eigenvalue weighted by Crippen LogP contribution is -2.10. The molecule has 0 aliphatic carbocycles. The minimum absolute atomic E-state index is 0.161. The number of aliphatic hydroxyl groups is 1. The number of halogens is 1. The number of hydrogen-bond donors (Lipinski definition) is 2. The highest BCUT2D eigenvalue weighted by Gasteiger charge is 2.26. The first kappa shape index (κ1) is 19.4. The maximum Gasteiger partial charge on any atom is 0.342 e. The summed E-state index contributed by atoms with van der Waals surface area (Å²) in [5, 5.41) is 14.1. The maximum atomic E-state index is 13.4. The number of ether oxygens (including phenoxy) is 2. The number of fused-ring (bicyclic) bond motifs is 1. The van der Waals surface area contributed by atoms with Crippen LogP contribution >= 0.6 is 0 Å². The van der Waals surface area contributed by atoms with Gasteiger partial charge in [0.05, 0.1) is 25.4 Å². The SMILES string of the molecule is CCOC(=O)c1c(-c2ccc(F)cc2)oc2cc(NCC3CO3)c([C@H](C)O)cc12. The fourth-order valence-electron chi connectivity index (χ4n) is 3.28. The van der Waals surface area contributed by atoms with Gasteiger partial charge >= 0.3 is 5.97 Å². The third-order valence-corrected chi connectivity index (χ3v) is 4.82. The smallest absolute Gasteiger partial charge is 0.342 e. The van der Waals surface area contributed by atoms with E-state index in [9.17, 15) is 14.3 Å². The van der Waals surface area contributed by atoms with Crippen LogP contribution in [0, 0.1) is 5.82 Å². The Morgan fingerprint density at radius 2 is 2.07 bits per heavy atom. The molecule has 1 fully saturated rings. The Kier molecular flexibility index (Phi) is 5.25. The quantitative estimate of drug-likeness (QED) is 0.456. The molecule has 2 heterocycles. The van der Waals surface area contributed by atoms with Crippen molar-refractivity contribution in [2.24, 2.45) is 0 Å². The first-order chi connectivity index (χ1) is 14.0. The summed E-state index contributed by atoms with van der Waals surface area (Å²) in [7, 11) is 0. The minimum atomic E-state index is -0.763. The summed E-state index contributed by atoms with van der Waals surface area (Å²) in [4.78, 5) is 12.7. The molecule has 0 bridgehead atoms. The molecule has 6 nitrogen and oxygen atoms in total. The van der Waals surface area contributed by atoms with E-state index in [1.165, 1.54) is 12.1 Å². The van der Waals surface area contributed by atoms with Gasteiger partial charge in [-0.3, -0.25) is 0 Å². The Balaban J connectivity index is 1.88. The van der Waals surface area contributed by atoms with Crippen LogP contribution in [0.3, 0.4) is 0 Å². The highest BCUT2D eigenvalue weighted by Crippen LogP contribution is 2.38. The third-order valence-electron chi connectivity index (χ3n) is 4.82. The fourth-order valence-corrected chi connectivity index (χ4v) is 3.28. The van der Waals surface area contributed by atoms with Crippen LogP contribution in [0.2, 0.25) is 0 Å². The molecule has 0 amide bonds. The molecule has 1 aliphatic rings. The van der Waals surface area contributed by atoms with Gasteiger partial charge in [0, 0.05) is 34.8 Å². The second-order valence-corrected chi connectivity index (χ2v) is 6.98. The number of aliphatic hydroxyl groups excluding tert-OH is 1. The number of carbonyl (C=O) groups is 1. The summed E-state index contributed by atoms with van der Waals surface area (Å²) in [6.45, 7) is 4.91. The Morgan fingerprint density at radius 1 is 1.34 bits per heavy atom. The van der Waals surface area contributed by atoms with Gasteiger partial charge in [0.25, 0.3) is 0 Å². The zero-order valence-electron chi connectivity index (χ0n) is 16.2. The molecule has 7 heteroatoms. The number of benzene rings is 2. The van der Waals surface area contributed by atoms with Crippen molar-refractivity contribution in [1.82, 2.24) is 0 Å². The van der Waals surface area contributed by atoms with Gasteiger partial charge in [-0.25, -0.2) is 9.18 Å². The summed E-state index contributed by atoms with van der Waals surface area (Å²) in [6.07, 6.45) is -0.602. The predicted molar refractivity (Wildman–Crippen MR) is 106 cm³/mol. The molecule has 1 saturated heterocycles. The van der Waals surface area contributed by atoms with Crippen LogP contribution in [0.15, 0.2) is 40.8 Å². The van der Waals surface area contributed by atoms with Gasteiger partial charge in [0.1, 0.15) is 22.7 Å². The van der Waals surface area contributed by atoms with Crippen LogP contribution < -0.4 is 5.32 Å². The molecule has 1 unspecified atom stereocenters. The van der Waals surface area contributed by atoms with Gasteiger partial charge in [-0.1, -0.05) is 0 Å². The van der Waals surface area contributed by atoms with Crippen LogP contribution in [0.25, 0.3) is 22.3 Å². The van der Waals surface area contributed by atoms with Crippen LogP contribution in [-0.2, 0) is 9.47 Å². The van der Waals surface area contributed by atoms with Crippen molar-refractivity contribution in [3.05, 3.63) is 53.3 Å². The molecular weight excluding hydrogens is 377 g/mol. The van der Waals surface area contributed by atoms with Crippen molar-refractivity contribution >= 4 is 22.6 Å². The van der Waals surface area contributed by atoms with Gasteiger partial charge in [-0.05, 0) is 44.2 Å². The Hall–Kier alpha value is -2.90. The lowest BCUT2D eigenvalue weighted by Gasteiger charge is -2.14. The maximum absolute atomic E-state index is 13.4. The molecule has 2 N–H and O–H groups in total. The molecular formula is C22H22FNO5. The van der Waals surface area contributed by atoms with E-state index in [-0.39, 0.29) is 24.1 Å². The molecule has 2 atom stereocenters. The molecule has 1 aromatic heterocycles. The monoisotopic (exact) mass is 399 g/mol. The molecule has 29 heavy (non-hydrogen) atoms. The standard InChI is InChI=1S/C22H22FNO5/c1-3-27-22(26)20-17-8-16(12(2)25)18(24-10-15-11-28-15)9-19(17)29-21(20)13-4-6-14(23)7-5-13/h4-9,12,15,24-25H,3,10-11H2,1-2H3/t12-,15?/m0/s1. The van der Waals surface area contributed by atoms with Crippen LogP contribution in [0.4, 0.5) is 10.1 Å². The number of epoxide rings is 1. The van der Waals surface area contributed by atoms with Crippen LogP contribution in [0.5, 0.6) is 0 Å². The Labute approximate surface area is 167 Å². The molecule has 1 aliphatic heterocycles. The van der Waals surface area contributed by atoms with Crippen LogP contribution in [0.1, 0.15) is 35.9 Å². The van der Waals surface area contributed by atoms with Crippen molar-refractivity contribution in [1.29, 1.82) is 0 Å². The van der Waals surface area contributed by atoms with Crippen molar-refractivity contribution < 1.29 is 28.2 Å². The van der Waals surface area contributed by atoms with E-state index in [0.29, 0.717) is 46.7 Å². The van der Waals surface area contributed by atoms with Crippen molar-refractivity contribution in [2.75, 3.05) is 25.1 Å². The third kappa shape index (κ3) is 3.97. The summed E-state index contributed by atoms with van der Waals surface area (Å²) in [5.41, 5.74) is 2.63. The molecule has 0 radical (unpaired) electrons. The van der Waals surface area contributed by atoms with Crippen LogP contribution in [-0.4, -0.2) is 36.9 Å². The molecule has 152 valence electrons. The van der Waals surface area contributed by atoms with Crippen molar-refractivity contribution in [2.45, 2.75) is 26.1 Å². The van der Waals surface area contributed by atoms with E-state index in [1.54, 1.807) is 38.1 Å². The number of carbonyl (C=O) groups excluding carboxylic acids is 1. The second-order valence-electron chi connectivity index (χ2n) is 6.98. The molecule has 2 aromatic carbocycles. The molecule has 0 spiro atoms. The minimum Gasteiger partial charge on any atom is -0.462 e. The Bertz CT molecular complexity index is 1040. The van der Waals surface area contributed by atoms with Gasteiger partial charge in [-0.15, -0.1) is 0 Å². The van der Waals surface area contributed by atoms with E-state index in [0.717, 1.165) is 0 Å². The number of esters is 1. The largest absolute Gasteiger partial charge is 0.462 e. The van der Waals surface area contributed by atoms with E-state index < -0.39 is 12.1 Å². The first-order valence-electron chi connectivity index (χ1n) is 9.55. The van der Waals surface area contributed by atoms with Crippen molar-refractivity contribution in [3.8, 4) is 11.3 Å². The summed E-state index contributed by atoms with van der Waals surface area (Å²) >= 11 is 0. The second kappa shape index (κ2) is 7.85. The van der Waals surface area contributed by atoms with E-state index in [4.69, 9.17) is 13.9 Å². The topological polar surface area (TPSA) is 84.2 Å². The summed E-state index contributed by atoms with van der Waals surface area (Å²) in [6, 6.07) is 9.21.